The lowest BCUT2D eigenvalue weighted by atomic mass is 10.1. The van der Waals surface area contributed by atoms with Crippen LogP contribution in [0.25, 0.3) is 0 Å². The molecule has 0 spiro atoms. The van der Waals surface area contributed by atoms with Crippen LogP contribution < -0.4 is 10.1 Å². The summed E-state index contributed by atoms with van der Waals surface area (Å²) in [5, 5.41) is 3.24. The number of halogens is 3. The summed E-state index contributed by atoms with van der Waals surface area (Å²) in [6.07, 6.45) is -4.32. The van der Waals surface area contributed by atoms with Gasteiger partial charge in [0.25, 0.3) is 0 Å². The summed E-state index contributed by atoms with van der Waals surface area (Å²) in [4.78, 5) is 0. The molecule has 0 bridgehead atoms. The van der Waals surface area contributed by atoms with Crippen LogP contribution in [0.5, 0.6) is 5.75 Å². The lowest BCUT2D eigenvalue weighted by Gasteiger charge is -2.22. The van der Waals surface area contributed by atoms with E-state index in [1.54, 1.807) is 19.1 Å². The van der Waals surface area contributed by atoms with Gasteiger partial charge >= 0.3 is 6.18 Å². The monoisotopic (exact) mass is 275 g/mol. The Morgan fingerprint density at radius 1 is 1.16 bits per heavy atom. The maximum absolute atomic E-state index is 12.2. The minimum Gasteiger partial charge on any atom is -0.484 e. The third-order valence-corrected chi connectivity index (χ3v) is 2.48. The number of alkyl halides is 3. The van der Waals surface area contributed by atoms with Gasteiger partial charge in [0.2, 0.25) is 0 Å². The minimum absolute atomic E-state index is 0.106. The zero-order valence-corrected chi connectivity index (χ0v) is 11.7. The van der Waals surface area contributed by atoms with Gasteiger partial charge in [-0.25, -0.2) is 0 Å². The Labute approximate surface area is 112 Å². The first-order valence-electron chi connectivity index (χ1n) is 6.11. The van der Waals surface area contributed by atoms with Gasteiger partial charge in [-0.15, -0.1) is 0 Å². The fourth-order valence-corrected chi connectivity index (χ4v) is 1.57. The Morgan fingerprint density at radius 3 is 2.32 bits per heavy atom. The number of rotatable bonds is 4. The fourth-order valence-electron chi connectivity index (χ4n) is 1.57. The largest absolute Gasteiger partial charge is 0.484 e. The van der Waals surface area contributed by atoms with Crippen molar-refractivity contribution in [1.82, 2.24) is 5.32 Å². The van der Waals surface area contributed by atoms with Crippen molar-refractivity contribution in [3.8, 4) is 5.75 Å². The molecule has 0 aromatic heterocycles. The van der Waals surface area contributed by atoms with Crippen molar-refractivity contribution in [3.05, 3.63) is 29.3 Å². The molecule has 2 nitrogen and oxygen atoms in total. The van der Waals surface area contributed by atoms with Crippen LogP contribution in [0.1, 0.15) is 31.9 Å². The van der Waals surface area contributed by atoms with Crippen LogP contribution in [0.15, 0.2) is 18.2 Å². The van der Waals surface area contributed by atoms with Crippen LogP contribution in [-0.2, 0) is 6.54 Å². The molecular weight excluding hydrogens is 255 g/mol. The molecule has 19 heavy (non-hydrogen) atoms. The Morgan fingerprint density at radius 2 is 1.79 bits per heavy atom. The number of para-hydroxylation sites is 1. The van der Waals surface area contributed by atoms with Crippen molar-refractivity contribution in [2.24, 2.45) is 0 Å². The Hall–Kier alpha value is -1.23. The van der Waals surface area contributed by atoms with Crippen LogP contribution in [0.3, 0.4) is 0 Å². The van der Waals surface area contributed by atoms with E-state index in [1.807, 2.05) is 26.8 Å². The van der Waals surface area contributed by atoms with E-state index in [4.69, 9.17) is 4.74 Å². The molecule has 0 amide bonds. The van der Waals surface area contributed by atoms with Gasteiger partial charge < -0.3 is 10.1 Å². The van der Waals surface area contributed by atoms with Gasteiger partial charge in [0.15, 0.2) is 6.61 Å². The maximum Gasteiger partial charge on any atom is 0.422 e. The standard InChI is InChI=1S/C14H20F3NO/c1-10-6-5-7-11(8-18-13(2,3)4)12(10)19-9-14(15,16)17/h5-7,18H,8-9H2,1-4H3. The molecule has 0 unspecified atom stereocenters. The number of hydrogen-bond donors (Lipinski definition) is 1. The Balaban J connectivity index is 2.83. The molecule has 0 aliphatic rings. The molecule has 0 atom stereocenters. The molecular formula is C14H20F3NO. The van der Waals surface area contributed by atoms with Crippen LogP contribution >= 0.6 is 0 Å². The van der Waals surface area contributed by atoms with E-state index in [1.165, 1.54) is 0 Å². The summed E-state index contributed by atoms with van der Waals surface area (Å²) >= 11 is 0. The van der Waals surface area contributed by atoms with Gasteiger partial charge in [-0.2, -0.15) is 13.2 Å². The lowest BCUT2D eigenvalue weighted by molar-refractivity contribution is -0.153. The van der Waals surface area contributed by atoms with Crippen LogP contribution in [0.2, 0.25) is 0 Å². The first kappa shape index (κ1) is 15.8. The number of benzene rings is 1. The number of nitrogens with one attached hydrogen (secondary N) is 1. The van der Waals surface area contributed by atoms with Gasteiger partial charge in [0.05, 0.1) is 0 Å². The van der Waals surface area contributed by atoms with E-state index in [0.29, 0.717) is 17.9 Å². The SMILES string of the molecule is Cc1cccc(CNC(C)(C)C)c1OCC(F)(F)F. The molecule has 1 aromatic rings. The molecule has 0 saturated carbocycles. The summed E-state index contributed by atoms with van der Waals surface area (Å²) in [5.41, 5.74) is 1.34. The number of ether oxygens (including phenoxy) is 1. The quantitative estimate of drug-likeness (QED) is 0.901. The number of aryl methyl sites for hydroxylation is 1. The highest BCUT2D eigenvalue weighted by Crippen LogP contribution is 2.26. The van der Waals surface area contributed by atoms with Crippen molar-refractivity contribution in [2.45, 2.75) is 46.0 Å². The molecule has 0 heterocycles. The van der Waals surface area contributed by atoms with E-state index < -0.39 is 12.8 Å². The summed E-state index contributed by atoms with van der Waals surface area (Å²) in [5.74, 6) is 0.316. The Kier molecular flexibility index (Phi) is 4.85. The zero-order valence-electron chi connectivity index (χ0n) is 11.7. The second-order valence-corrected chi connectivity index (χ2v) is 5.57. The van der Waals surface area contributed by atoms with Crippen molar-refractivity contribution in [2.75, 3.05) is 6.61 Å². The molecule has 1 rings (SSSR count). The van der Waals surface area contributed by atoms with E-state index in [9.17, 15) is 13.2 Å². The molecule has 0 aliphatic carbocycles. The third kappa shape index (κ3) is 5.96. The second kappa shape index (κ2) is 5.82. The smallest absolute Gasteiger partial charge is 0.422 e. The predicted octanol–water partition coefficient (Wildman–Crippen LogP) is 3.82. The predicted molar refractivity (Wildman–Crippen MR) is 69.3 cm³/mol. The van der Waals surface area contributed by atoms with Crippen molar-refractivity contribution < 1.29 is 17.9 Å². The second-order valence-electron chi connectivity index (χ2n) is 5.57. The fraction of sp³-hybridized carbons (Fsp3) is 0.571. The van der Waals surface area contributed by atoms with Crippen molar-refractivity contribution in [3.63, 3.8) is 0 Å². The van der Waals surface area contributed by atoms with E-state index >= 15 is 0 Å². The molecule has 0 fully saturated rings. The topological polar surface area (TPSA) is 21.3 Å². The highest BCUT2D eigenvalue weighted by molar-refractivity contribution is 5.40. The van der Waals surface area contributed by atoms with Crippen LogP contribution in [0, 0.1) is 6.92 Å². The van der Waals surface area contributed by atoms with E-state index in [-0.39, 0.29) is 5.54 Å². The molecule has 108 valence electrons. The average molecular weight is 275 g/mol. The van der Waals surface area contributed by atoms with Crippen molar-refractivity contribution >= 4 is 0 Å². The molecule has 0 aliphatic heterocycles. The molecule has 1 aromatic carbocycles. The molecule has 0 radical (unpaired) electrons. The van der Waals surface area contributed by atoms with Crippen LogP contribution in [-0.4, -0.2) is 18.3 Å². The summed E-state index contributed by atoms with van der Waals surface area (Å²) < 4.78 is 41.7. The zero-order chi connectivity index (χ0) is 14.7. The van der Waals surface area contributed by atoms with Gasteiger partial charge in [0, 0.05) is 17.6 Å². The summed E-state index contributed by atoms with van der Waals surface area (Å²) in [6.45, 7) is 6.95. The van der Waals surface area contributed by atoms with Crippen molar-refractivity contribution in [1.29, 1.82) is 0 Å². The average Bonchev–Trinajstić information content (AvgIpc) is 2.22. The number of hydrogen-bond acceptors (Lipinski definition) is 2. The first-order chi connectivity index (χ1) is 8.58. The lowest BCUT2D eigenvalue weighted by Crippen LogP contribution is -2.35. The van der Waals surface area contributed by atoms with Gasteiger partial charge in [-0.05, 0) is 33.3 Å². The molecule has 0 saturated heterocycles. The minimum atomic E-state index is -4.32. The summed E-state index contributed by atoms with van der Waals surface area (Å²) in [7, 11) is 0. The third-order valence-electron chi connectivity index (χ3n) is 2.48. The first-order valence-corrected chi connectivity index (χ1v) is 6.11. The summed E-state index contributed by atoms with van der Waals surface area (Å²) in [6, 6.07) is 5.33. The van der Waals surface area contributed by atoms with Gasteiger partial charge in [-0.1, -0.05) is 18.2 Å². The normalized spacial score (nSPS) is 12.6. The maximum atomic E-state index is 12.2. The van der Waals surface area contributed by atoms with Gasteiger partial charge in [-0.3, -0.25) is 0 Å². The highest BCUT2D eigenvalue weighted by Gasteiger charge is 2.29. The van der Waals surface area contributed by atoms with E-state index in [2.05, 4.69) is 5.32 Å². The highest BCUT2D eigenvalue weighted by atomic mass is 19.4. The molecule has 5 heteroatoms. The van der Waals surface area contributed by atoms with Gasteiger partial charge in [0.1, 0.15) is 5.75 Å². The van der Waals surface area contributed by atoms with E-state index in [0.717, 1.165) is 5.56 Å². The molecule has 1 N–H and O–H groups in total. The Bertz CT molecular complexity index is 422. The van der Waals surface area contributed by atoms with Crippen LogP contribution in [0.4, 0.5) is 13.2 Å².